The van der Waals surface area contributed by atoms with Crippen LogP contribution in [0.15, 0.2) is 40.9 Å². The molecule has 1 fully saturated rings. The number of hydrogen-bond acceptors (Lipinski definition) is 5. The van der Waals surface area contributed by atoms with Crippen LogP contribution in [0, 0.1) is 19.7 Å². The molecule has 31 heavy (non-hydrogen) atoms. The first-order chi connectivity index (χ1) is 14.9. The third-order valence-electron chi connectivity index (χ3n) is 6.02. The van der Waals surface area contributed by atoms with Crippen LogP contribution in [0.25, 0.3) is 11.1 Å². The molecule has 1 amide bonds. The Kier molecular flexibility index (Phi) is 4.85. The average molecular weight is 441 g/mol. The minimum absolute atomic E-state index is 0.0195. The smallest absolute Gasteiger partial charge is 0.227 e. The van der Waals surface area contributed by atoms with Crippen molar-refractivity contribution in [2.45, 2.75) is 45.3 Å². The van der Waals surface area contributed by atoms with Crippen molar-refractivity contribution in [1.82, 2.24) is 5.16 Å². The van der Waals surface area contributed by atoms with Crippen LogP contribution in [0.4, 0.5) is 21.5 Å². The molecule has 0 aliphatic carbocycles. The third kappa shape index (κ3) is 3.43. The van der Waals surface area contributed by atoms with Gasteiger partial charge in [-0.25, -0.2) is 4.39 Å². The molecule has 3 heterocycles. The predicted octanol–water partition coefficient (Wildman–Crippen LogP) is 5.50. The second kappa shape index (κ2) is 7.57. The molecule has 6 nitrogen and oxygen atoms in total. The first-order valence-corrected chi connectivity index (χ1v) is 10.7. The van der Waals surface area contributed by atoms with Crippen molar-refractivity contribution in [1.29, 1.82) is 0 Å². The minimum Gasteiger partial charge on any atom is -0.362 e. The highest BCUT2D eigenvalue weighted by Crippen LogP contribution is 2.39. The van der Waals surface area contributed by atoms with Crippen LogP contribution in [0.1, 0.15) is 30.7 Å². The highest BCUT2D eigenvalue weighted by atomic mass is 35.5. The van der Waals surface area contributed by atoms with Crippen molar-refractivity contribution >= 4 is 34.6 Å². The molecule has 0 spiro atoms. The summed E-state index contributed by atoms with van der Waals surface area (Å²) in [7, 11) is 0. The van der Waals surface area contributed by atoms with Gasteiger partial charge in [-0.05, 0) is 62.6 Å². The molecule has 5 rings (SSSR count). The number of hydrogen-bond donors (Lipinski definition) is 2. The van der Waals surface area contributed by atoms with E-state index in [9.17, 15) is 9.18 Å². The summed E-state index contributed by atoms with van der Waals surface area (Å²) in [4.78, 5) is 14.5. The highest BCUT2D eigenvalue weighted by Gasteiger charge is 2.38. The summed E-state index contributed by atoms with van der Waals surface area (Å²) < 4.78 is 19.4. The number of halogens is 2. The van der Waals surface area contributed by atoms with Gasteiger partial charge in [-0.1, -0.05) is 22.8 Å². The van der Waals surface area contributed by atoms with Gasteiger partial charge in [-0.2, -0.15) is 0 Å². The van der Waals surface area contributed by atoms with E-state index in [1.54, 1.807) is 11.0 Å². The Balaban J connectivity index is 1.45. The summed E-state index contributed by atoms with van der Waals surface area (Å²) in [5.74, 6) is 0.221. The van der Waals surface area contributed by atoms with Gasteiger partial charge in [0.2, 0.25) is 5.91 Å². The Labute approximate surface area is 184 Å². The van der Waals surface area contributed by atoms with Crippen molar-refractivity contribution < 1.29 is 13.7 Å². The SMILES string of the molecule is Cc1noc(C)c1-c1ccc2c(c1)N[C@@H](C1CCCC(=O)N1c1ccc(Cl)c(F)c1)N2. The number of anilines is 3. The molecule has 1 aromatic heterocycles. The quantitative estimate of drug-likeness (QED) is 0.562. The molecule has 2 aromatic carbocycles. The van der Waals surface area contributed by atoms with Gasteiger partial charge in [0.05, 0.1) is 28.1 Å². The van der Waals surface area contributed by atoms with E-state index in [4.69, 9.17) is 16.1 Å². The Hall–Kier alpha value is -3.06. The zero-order valence-electron chi connectivity index (χ0n) is 17.2. The molecule has 2 N–H and O–H groups in total. The number of fused-ring (bicyclic) bond motifs is 1. The Morgan fingerprint density at radius 1 is 1.16 bits per heavy atom. The molecule has 3 aromatic rings. The number of rotatable bonds is 3. The monoisotopic (exact) mass is 440 g/mol. The highest BCUT2D eigenvalue weighted by molar-refractivity contribution is 6.30. The van der Waals surface area contributed by atoms with E-state index < -0.39 is 5.82 Å². The van der Waals surface area contributed by atoms with Gasteiger partial charge in [0.15, 0.2) is 0 Å². The number of amides is 1. The lowest BCUT2D eigenvalue weighted by atomic mass is 9.98. The molecule has 8 heteroatoms. The number of aryl methyl sites for hydroxylation is 2. The molecule has 160 valence electrons. The molecule has 2 aliphatic rings. The van der Waals surface area contributed by atoms with E-state index in [0.717, 1.165) is 46.8 Å². The first-order valence-electron chi connectivity index (χ1n) is 10.3. The standard InChI is InChI=1S/C23H22ClFN4O2/c1-12-22(13(2)31-28-12)14-6-9-18-19(10-14)27-23(26-18)20-4-3-5-21(30)29(20)15-7-8-16(24)17(25)11-15/h6-11,20,23,26-27H,3-5H2,1-2H3/t20?,23-/m0/s1. The fourth-order valence-electron chi connectivity index (χ4n) is 4.59. The fraction of sp³-hybridized carbons (Fsp3) is 0.304. The summed E-state index contributed by atoms with van der Waals surface area (Å²) in [6, 6.07) is 10.4. The van der Waals surface area contributed by atoms with Crippen molar-refractivity contribution in [2.24, 2.45) is 0 Å². The number of nitrogens with zero attached hydrogens (tertiary/aromatic N) is 2. The number of aromatic nitrogens is 1. The van der Waals surface area contributed by atoms with Crippen LogP contribution in [0.5, 0.6) is 0 Å². The molecule has 2 atom stereocenters. The van der Waals surface area contributed by atoms with Gasteiger partial charge >= 0.3 is 0 Å². The molecule has 1 unspecified atom stereocenters. The molecule has 2 aliphatic heterocycles. The zero-order valence-corrected chi connectivity index (χ0v) is 18.0. The van der Waals surface area contributed by atoms with Crippen LogP contribution in [0.3, 0.4) is 0 Å². The number of piperidine rings is 1. The number of nitrogens with one attached hydrogen (secondary N) is 2. The average Bonchev–Trinajstić information content (AvgIpc) is 3.32. The van der Waals surface area contributed by atoms with Crippen LogP contribution in [0.2, 0.25) is 5.02 Å². The number of carbonyl (C=O) groups excluding carboxylic acids is 1. The predicted molar refractivity (Wildman–Crippen MR) is 119 cm³/mol. The van der Waals surface area contributed by atoms with Crippen LogP contribution >= 0.6 is 11.6 Å². The Morgan fingerprint density at radius 3 is 2.71 bits per heavy atom. The topological polar surface area (TPSA) is 70.4 Å². The molecule has 0 bridgehead atoms. The maximum absolute atomic E-state index is 14.1. The van der Waals surface area contributed by atoms with Crippen molar-refractivity contribution in [3.05, 3.63) is 58.7 Å². The maximum atomic E-state index is 14.1. The van der Waals surface area contributed by atoms with Gasteiger partial charge in [-0.15, -0.1) is 0 Å². The maximum Gasteiger partial charge on any atom is 0.227 e. The minimum atomic E-state index is -0.531. The third-order valence-corrected chi connectivity index (χ3v) is 6.33. The van der Waals surface area contributed by atoms with Gasteiger partial charge in [0.25, 0.3) is 0 Å². The van der Waals surface area contributed by atoms with Crippen molar-refractivity contribution in [3.8, 4) is 11.1 Å². The van der Waals surface area contributed by atoms with Crippen molar-refractivity contribution in [3.63, 3.8) is 0 Å². The fourth-order valence-corrected chi connectivity index (χ4v) is 4.70. The summed E-state index contributed by atoms with van der Waals surface area (Å²) in [6.45, 7) is 3.82. The normalized spacial score (nSPS) is 20.4. The van der Waals surface area contributed by atoms with Crippen molar-refractivity contribution in [2.75, 3.05) is 15.5 Å². The van der Waals surface area contributed by atoms with E-state index in [2.05, 4.69) is 21.9 Å². The number of carbonyl (C=O) groups is 1. The van der Waals surface area contributed by atoms with E-state index in [0.29, 0.717) is 12.1 Å². The van der Waals surface area contributed by atoms with Gasteiger partial charge in [0.1, 0.15) is 17.7 Å². The summed E-state index contributed by atoms with van der Waals surface area (Å²) in [6.07, 6.45) is 1.83. The van der Waals surface area contributed by atoms with Crippen LogP contribution in [-0.4, -0.2) is 23.3 Å². The zero-order chi connectivity index (χ0) is 21.7. The largest absolute Gasteiger partial charge is 0.362 e. The van der Waals surface area contributed by atoms with Gasteiger partial charge in [-0.3, -0.25) is 4.79 Å². The second-order valence-corrected chi connectivity index (χ2v) is 8.45. The Bertz CT molecular complexity index is 1160. The number of benzene rings is 2. The van der Waals surface area contributed by atoms with Gasteiger partial charge < -0.3 is 20.1 Å². The summed E-state index contributed by atoms with van der Waals surface area (Å²) in [5, 5.41) is 11.1. The second-order valence-electron chi connectivity index (χ2n) is 8.05. The molecular formula is C23H22ClFN4O2. The van der Waals surface area contributed by atoms with E-state index in [1.165, 1.54) is 12.1 Å². The summed E-state index contributed by atoms with van der Waals surface area (Å²) in [5.41, 5.74) is 5.27. The van der Waals surface area contributed by atoms with Gasteiger partial charge in [0, 0.05) is 17.7 Å². The van der Waals surface area contributed by atoms with E-state index in [1.807, 2.05) is 26.0 Å². The molecule has 1 saturated heterocycles. The lowest BCUT2D eigenvalue weighted by Gasteiger charge is -2.39. The molecule has 0 radical (unpaired) electrons. The van der Waals surface area contributed by atoms with E-state index >= 15 is 0 Å². The molecular weight excluding hydrogens is 419 g/mol. The van der Waals surface area contributed by atoms with Crippen LogP contribution in [-0.2, 0) is 4.79 Å². The van der Waals surface area contributed by atoms with E-state index in [-0.39, 0.29) is 23.1 Å². The molecule has 0 saturated carbocycles. The first kappa shape index (κ1) is 19.9. The summed E-state index contributed by atoms with van der Waals surface area (Å²) >= 11 is 5.85. The van der Waals surface area contributed by atoms with Crippen LogP contribution < -0.4 is 15.5 Å². The lowest BCUT2D eigenvalue weighted by molar-refractivity contribution is -0.120. The Morgan fingerprint density at radius 2 is 1.97 bits per heavy atom. The lowest BCUT2D eigenvalue weighted by Crippen LogP contribution is -2.54.